The first-order valence-electron chi connectivity index (χ1n) is 19.8. The van der Waals surface area contributed by atoms with Gasteiger partial charge in [-0.2, -0.15) is 0 Å². The second-order valence-electron chi connectivity index (χ2n) is 15.2. The molecule has 0 saturated carbocycles. The third-order valence-electron chi connectivity index (χ3n) is 12.2. The van der Waals surface area contributed by atoms with E-state index in [1.165, 1.54) is 53.6 Å². The first-order chi connectivity index (χ1) is 28.8. The third kappa shape index (κ3) is 4.78. The van der Waals surface area contributed by atoms with Crippen molar-refractivity contribution in [2.75, 3.05) is 4.90 Å². The highest BCUT2D eigenvalue weighted by molar-refractivity contribution is 7.25. The van der Waals surface area contributed by atoms with Gasteiger partial charge in [-0.15, -0.1) is 11.3 Å². The van der Waals surface area contributed by atoms with Crippen molar-refractivity contribution >= 4 is 70.5 Å². The summed E-state index contributed by atoms with van der Waals surface area (Å²) in [5.41, 5.74) is 14.6. The Labute approximate surface area is 340 Å². The summed E-state index contributed by atoms with van der Waals surface area (Å²) in [6, 6.07) is 77.6. The molecule has 2 heterocycles. The highest BCUT2D eigenvalue weighted by atomic mass is 32.1. The molecular weight excluding hydrogens is 723 g/mol. The van der Waals surface area contributed by atoms with E-state index in [4.69, 9.17) is 4.42 Å². The predicted octanol–water partition coefficient (Wildman–Crippen LogP) is 15.5. The first kappa shape index (κ1) is 33.0. The second kappa shape index (κ2) is 12.9. The molecule has 3 heteroatoms. The van der Waals surface area contributed by atoms with Crippen LogP contribution in [0.1, 0.15) is 22.3 Å². The number of thiophene rings is 1. The minimum atomic E-state index is -0.500. The average Bonchev–Trinajstić information content (AvgIpc) is 3.96. The normalized spacial score (nSPS) is 13.0. The first-order valence-corrected chi connectivity index (χ1v) is 20.7. The number of rotatable bonds is 6. The number of hydrogen-bond donors (Lipinski definition) is 0. The van der Waals surface area contributed by atoms with E-state index in [2.05, 4.69) is 205 Å². The summed E-state index contributed by atoms with van der Waals surface area (Å²) >= 11 is 1.86. The van der Waals surface area contributed by atoms with E-state index >= 15 is 0 Å². The lowest BCUT2D eigenvalue weighted by Crippen LogP contribution is -2.28. The Hall–Kier alpha value is -7.20. The standard InChI is InChI=1S/C55H35NOS/c1-3-15-37(16-4-1)55(38-17-5-2-6-18-38)46-23-10-7-20-43(46)54-47(55)24-14-25-48(54)56(40-33-34-52-45(35-40)42-19-9-12-28-51(42)58-52)39-31-29-36(30-32-39)41-22-13-27-50-53(41)44-21-8-11-26-49(44)57-50/h1-35H. The molecule has 0 radical (unpaired) electrons. The van der Waals surface area contributed by atoms with Crippen molar-refractivity contribution in [3.63, 3.8) is 0 Å². The maximum absolute atomic E-state index is 6.30. The highest BCUT2D eigenvalue weighted by Crippen LogP contribution is 2.59. The zero-order chi connectivity index (χ0) is 38.2. The Morgan fingerprint density at radius 2 is 1.02 bits per heavy atom. The summed E-state index contributed by atoms with van der Waals surface area (Å²) in [7, 11) is 0. The Bertz CT molecular complexity index is 3300. The molecule has 9 aromatic carbocycles. The summed E-state index contributed by atoms with van der Waals surface area (Å²) in [6.45, 7) is 0. The van der Waals surface area contributed by atoms with Crippen LogP contribution in [0, 0.1) is 0 Å². The van der Waals surface area contributed by atoms with Crippen molar-refractivity contribution in [3.8, 4) is 22.3 Å². The third-order valence-corrected chi connectivity index (χ3v) is 13.3. The van der Waals surface area contributed by atoms with E-state index in [-0.39, 0.29) is 0 Å². The van der Waals surface area contributed by atoms with Crippen molar-refractivity contribution in [2.45, 2.75) is 5.41 Å². The summed E-state index contributed by atoms with van der Waals surface area (Å²) in [4.78, 5) is 2.48. The van der Waals surface area contributed by atoms with Crippen molar-refractivity contribution in [3.05, 3.63) is 235 Å². The van der Waals surface area contributed by atoms with Crippen molar-refractivity contribution < 1.29 is 4.42 Å². The smallest absolute Gasteiger partial charge is 0.136 e. The number of hydrogen-bond acceptors (Lipinski definition) is 3. The van der Waals surface area contributed by atoms with Crippen LogP contribution in [0.25, 0.3) is 64.4 Å². The highest BCUT2D eigenvalue weighted by Gasteiger charge is 2.47. The van der Waals surface area contributed by atoms with Crippen LogP contribution in [0.5, 0.6) is 0 Å². The molecule has 1 aliphatic carbocycles. The molecule has 0 unspecified atom stereocenters. The van der Waals surface area contributed by atoms with E-state index in [0.717, 1.165) is 50.1 Å². The van der Waals surface area contributed by atoms with Gasteiger partial charge in [0, 0.05) is 47.9 Å². The minimum Gasteiger partial charge on any atom is -0.456 e. The molecule has 0 bridgehead atoms. The maximum Gasteiger partial charge on any atom is 0.136 e. The van der Waals surface area contributed by atoms with Crippen LogP contribution in [-0.4, -0.2) is 0 Å². The summed E-state index contributed by atoms with van der Waals surface area (Å²) < 4.78 is 8.89. The SMILES string of the molecule is c1ccc(C2(c3ccccc3)c3ccccc3-c3c(N(c4ccc(-c5cccc6oc7ccccc7c56)cc4)c4ccc5sc6ccccc6c5c4)cccc32)cc1. The average molecular weight is 758 g/mol. The van der Waals surface area contributed by atoms with Gasteiger partial charge in [-0.3, -0.25) is 0 Å². The van der Waals surface area contributed by atoms with Gasteiger partial charge < -0.3 is 9.32 Å². The minimum absolute atomic E-state index is 0.500. The Morgan fingerprint density at radius 3 is 1.83 bits per heavy atom. The lowest BCUT2D eigenvalue weighted by molar-refractivity contribution is 0.669. The van der Waals surface area contributed by atoms with E-state index in [0.29, 0.717) is 0 Å². The molecule has 0 saturated heterocycles. The molecule has 0 atom stereocenters. The fourth-order valence-corrected chi connectivity index (χ4v) is 10.8. The van der Waals surface area contributed by atoms with E-state index in [1.54, 1.807) is 0 Å². The van der Waals surface area contributed by atoms with Crippen molar-refractivity contribution in [1.82, 2.24) is 0 Å². The van der Waals surface area contributed by atoms with E-state index in [1.807, 2.05) is 23.5 Å². The molecule has 58 heavy (non-hydrogen) atoms. The van der Waals surface area contributed by atoms with E-state index < -0.39 is 5.41 Å². The van der Waals surface area contributed by atoms with Crippen LogP contribution in [0.4, 0.5) is 17.1 Å². The van der Waals surface area contributed by atoms with Crippen LogP contribution in [0.15, 0.2) is 217 Å². The zero-order valence-electron chi connectivity index (χ0n) is 31.5. The molecular formula is C55H35NOS. The van der Waals surface area contributed by atoms with Gasteiger partial charge in [0.2, 0.25) is 0 Å². The second-order valence-corrected chi connectivity index (χ2v) is 16.2. The molecule has 0 spiro atoms. The molecule has 12 rings (SSSR count). The largest absolute Gasteiger partial charge is 0.456 e. The van der Waals surface area contributed by atoms with Gasteiger partial charge in [0.25, 0.3) is 0 Å². The molecule has 272 valence electrons. The molecule has 0 N–H and O–H groups in total. The van der Waals surface area contributed by atoms with Crippen LogP contribution < -0.4 is 4.90 Å². The predicted molar refractivity (Wildman–Crippen MR) is 244 cm³/mol. The zero-order valence-corrected chi connectivity index (χ0v) is 32.3. The van der Waals surface area contributed by atoms with Crippen LogP contribution in [-0.2, 0) is 5.41 Å². The molecule has 2 nitrogen and oxygen atoms in total. The Morgan fingerprint density at radius 1 is 0.414 bits per heavy atom. The van der Waals surface area contributed by atoms with Crippen molar-refractivity contribution in [2.24, 2.45) is 0 Å². The summed E-state index contributed by atoms with van der Waals surface area (Å²) in [5.74, 6) is 0. The van der Waals surface area contributed by atoms with Gasteiger partial charge in [0.1, 0.15) is 11.2 Å². The van der Waals surface area contributed by atoms with Crippen LogP contribution >= 0.6 is 11.3 Å². The fraction of sp³-hybridized carbons (Fsp3) is 0.0182. The van der Waals surface area contributed by atoms with Crippen LogP contribution in [0.3, 0.4) is 0 Å². The van der Waals surface area contributed by atoms with Gasteiger partial charge in [-0.05, 0) is 93.5 Å². The number of nitrogens with zero attached hydrogens (tertiary/aromatic N) is 1. The number of para-hydroxylation sites is 1. The number of fused-ring (bicyclic) bond motifs is 9. The Balaban J connectivity index is 1.12. The van der Waals surface area contributed by atoms with Gasteiger partial charge in [0.15, 0.2) is 0 Å². The monoisotopic (exact) mass is 757 g/mol. The van der Waals surface area contributed by atoms with E-state index in [9.17, 15) is 0 Å². The molecule has 2 aromatic heterocycles. The van der Waals surface area contributed by atoms with Gasteiger partial charge in [-0.1, -0.05) is 158 Å². The topological polar surface area (TPSA) is 16.4 Å². The molecule has 0 aliphatic heterocycles. The molecule has 0 fully saturated rings. The lowest BCUT2D eigenvalue weighted by Gasteiger charge is -2.34. The summed E-state index contributed by atoms with van der Waals surface area (Å²) in [6.07, 6.45) is 0. The fourth-order valence-electron chi connectivity index (χ4n) is 9.75. The molecule has 1 aliphatic rings. The Kier molecular flexibility index (Phi) is 7.35. The maximum atomic E-state index is 6.30. The number of benzene rings is 9. The van der Waals surface area contributed by atoms with Gasteiger partial charge in [0.05, 0.1) is 11.1 Å². The van der Waals surface area contributed by atoms with Gasteiger partial charge >= 0.3 is 0 Å². The quantitative estimate of drug-likeness (QED) is 0.168. The summed E-state index contributed by atoms with van der Waals surface area (Å²) in [5, 5.41) is 4.84. The van der Waals surface area contributed by atoms with Crippen molar-refractivity contribution in [1.29, 1.82) is 0 Å². The lowest BCUT2D eigenvalue weighted by atomic mass is 9.68. The van der Waals surface area contributed by atoms with Crippen LogP contribution in [0.2, 0.25) is 0 Å². The molecule has 0 amide bonds. The number of furan rings is 1. The molecule has 11 aromatic rings. The van der Waals surface area contributed by atoms with Gasteiger partial charge in [-0.25, -0.2) is 0 Å². The number of anilines is 3.